The van der Waals surface area contributed by atoms with Crippen molar-refractivity contribution in [3.63, 3.8) is 0 Å². The van der Waals surface area contributed by atoms with E-state index in [1.807, 2.05) is 32.9 Å². The van der Waals surface area contributed by atoms with Gasteiger partial charge in [0, 0.05) is 53.1 Å². The van der Waals surface area contributed by atoms with E-state index < -0.39 is 5.91 Å². The van der Waals surface area contributed by atoms with Crippen LogP contribution in [0.4, 0.5) is 11.5 Å². The third-order valence-corrected chi connectivity index (χ3v) is 7.63. The van der Waals surface area contributed by atoms with Crippen LogP contribution in [0.25, 0.3) is 0 Å². The van der Waals surface area contributed by atoms with Crippen molar-refractivity contribution in [2.45, 2.75) is 83.5 Å². The van der Waals surface area contributed by atoms with E-state index in [1.54, 1.807) is 18.3 Å². The molecule has 2 aromatic rings. The Bertz CT molecular complexity index is 1170. The predicted molar refractivity (Wildman–Crippen MR) is 140 cm³/mol. The second kappa shape index (κ2) is 9.56. The number of carbonyl (C=O) groups is 3. The summed E-state index contributed by atoms with van der Waals surface area (Å²) in [5.41, 5.74) is 8.52. The summed E-state index contributed by atoms with van der Waals surface area (Å²) >= 11 is 0. The molecule has 2 bridgehead atoms. The molecule has 2 saturated heterocycles. The minimum atomic E-state index is -0.518. The van der Waals surface area contributed by atoms with Gasteiger partial charge in [0.15, 0.2) is 5.78 Å². The molecule has 4 N–H and O–H groups in total. The van der Waals surface area contributed by atoms with Crippen molar-refractivity contribution in [1.29, 1.82) is 0 Å². The van der Waals surface area contributed by atoms with Crippen molar-refractivity contribution in [1.82, 2.24) is 10.3 Å². The lowest BCUT2D eigenvalue weighted by Gasteiger charge is -2.40. The molecule has 0 radical (unpaired) electrons. The molecule has 5 rings (SSSR count). The van der Waals surface area contributed by atoms with Gasteiger partial charge in [-0.3, -0.25) is 14.4 Å². The number of ketones is 1. The minimum Gasteiger partial charge on any atom is -0.382 e. The number of Topliss-reactive ketones (excluding diaryl/α,β-unsaturated/α-hetero) is 1. The van der Waals surface area contributed by atoms with Crippen molar-refractivity contribution < 1.29 is 14.4 Å². The van der Waals surface area contributed by atoms with Crippen LogP contribution in [0.3, 0.4) is 0 Å². The summed E-state index contributed by atoms with van der Waals surface area (Å²) in [4.78, 5) is 44.6. The van der Waals surface area contributed by atoms with Crippen LogP contribution in [0.15, 0.2) is 30.5 Å². The van der Waals surface area contributed by atoms with E-state index in [0.717, 1.165) is 49.9 Å². The van der Waals surface area contributed by atoms with E-state index >= 15 is 0 Å². The average Bonchev–Trinajstić information content (AvgIpc) is 3.64. The zero-order valence-corrected chi connectivity index (χ0v) is 21.2. The molecule has 2 aliphatic heterocycles. The van der Waals surface area contributed by atoms with Gasteiger partial charge in [0.25, 0.3) is 11.8 Å². The van der Waals surface area contributed by atoms with E-state index in [1.165, 1.54) is 0 Å². The fourth-order valence-electron chi connectivity index (χ4n) is 5.78. The number of hydrogen-bond acceptors (Lipinski definition) is 6. The number of piperidine rings is 1. The number of amides is 2. The molecule has 1 aliphatic carbocycles. The third kappa shape index (κ3) is 4.81. The summed E-state index contributed by atoms with van der Waals surface area (Å²) in [6, 6.07) is 8.10. The smallest absolute Gasteiger partial charge is 0.251 e. The van der Waals surface area contributed by atoms with E-state index in [9.17, 15) is 14.4 Å². The number of nitrogens with two attached hydrogens (primary N) is 1. The van der Waals surface area contributed by atoms with Gasteiger partial charge >= 0.3 is 0 Å². The highest BCUT2D eigenvalue weighted by Crippen LogP contribution is 2.39. The van der Waals surface area contributed by atoms with Gasteiger partial charge < -0.3 is 21.3 Å². The quantitative estimate of drug-likeness (QED) is 0.485. The largest absolute Gasteiger partial charge is 0.382 e. The Morgan fingerprint density at radius 1 is 1.03 bits per heavy atom. The van der Waals surface area contributed by atoms with Gasteiger partial charge in [-0.05, 0) is 89.1 Å². The molecule has 3 aliphatic rings. The number of rotatable bonds is 8. The number of primary amides is 1. The van der Waals surface area contributed by atoms with E-state index in [4.69, 9.17) is 5.73 Å². The molecule has 1 unspecified atom stereocenters. The van der Waals surface area contributed by atoms with Crippen LogP contribution in [0.1, 0.15) is 89.0 Å². The number of pyridine rings is 1. The average molecular weight is 490 g/mol. The molecule has 1 aromatic heterocycles. The molecule has 190 valence electrons. The second-order valence-electron chi connectivity index (χ2n) is 10.9. The van der Waals surface area contributed by atoms with Gasteiger partial charge in [-0.2, -0.15) is 0 Å². The van der Waals surface area contributed by atoms with E-state index in [2.05, 4.69) is 20.5 Å². The van der Waals surface area contributed by atoms with Gasteiger partial charge in [-0.15, -0.1) is 0 Å². The zero-order chi connectivity index (χ0) is 25.6. The number of hydrogen-bond donors (Lipinski definition) is 3. The Morgan fingerprint density at radius 2 is 1.72 bits per heavy atom. The monoisotopic (exact) mass is 489 g/mol. The van der Waals surface area contributed by atoms with Crippen molar-refractivity contribution in [2.75, 3.05) is 10.2 Å². The molecule has 3 atom stereocenters. The Hall–Kier alpha value is -3.42. The standard InChI is InChI=1S/C28H35N5O3/c1-15(2)31-24-13-22(16(3)10-23(24)27(29)35)28(36)32-19-11-20-7-8-21(12-19)33(20)25-9-6-18(14-30-25)26(34)17-4-5-17/h6,9-10,13-15,17,19-21,31H,4-5,7-8,11-12H2,1-3H3,(H2,29,35)(H,32,36)/t19?,20-,21+. The lowest BCUT2D eigenvalue weighted by Crippen LogP contribution is -2.50. The van der Waals surface area contributed by atoms with Gasteiger partial charge in [0.1, 0.15) is 5.82 Å². The molecule has 36 heavy (non-hydrogen) atoms. The summed E-state index contributed by atoms with van der Waals surface area (Å²) in [5, 5.41) is 6.48. The van der Waals surface area contributed by atoms with E-state index in [-0.39, 0.29) is 29.7 Å². The summed E-state index contributed by atoms with van der Waals surface area (Å²) in [6.45, 7) is 5.78. The van der Waals surface area contributed by atoms with Gasteiger partial charge in [0.05, 0.1) is 5.56 Å². The third-order valence-electron chi connectivity index (χ3n) is 7.63. The fourth-order valence-corrected chi connectivity index (χ4v) is 5.78. The molecule has 1 saturated carbocycles. The Balaban J connectivity index is 1.27. The maximum atomic E-state index is 13.3. The van der Waals surface area contributed by atoms with Crippen LogP contribution in [0, 0.1) is 12.8 Å². The molecule has 3 fully saturated rings. The zero-order valence-electron chi connectivity index (χ0n) is 21.2. The number of fused-ring (bicyclic) bond motifs is 2. The van der Waals surface area contributed by atoms with Crippen molar-refractivity contribution >= 4 is 29.1 Å². The van der Waals surface area contributed by atoms with Crippen molar-refractivity contribution in [2.24, 2.45) is 11.7 Å². The minimum absolute atomic E-state index is 0.0682. The highest BCUT2D eigenvalue weighted by Gasteiger charge is 2.42. The van der Waals surface area contributed by atoms with Gasteiger partial charge in [0.2, 0.25) is 0 Å². The Kier molecular flexibility index (Phi) is 6.45. The highest BCUT2D eigenvalue weighted by molar-refractivity contribution is 6.03. The summed E-state index contributed by atoms with van der Waals surface area (Å²) in [7, 11) is 0. The Labute approximate surface area is 212 Å². The molecule has 3 heterocycles. The predicted octanol–water partition coefficient (Wildman–Crippen LogP) is 3.83. The number of anilines is 2. The second-order valence-corrected chi connectivity index (χ2v) is 10.9. The fraction of sp³-hybridized carbons (Fsp3) is 0.500. The highest BCUT2D eigenvalue weighted by atomic mass is 16.2. The molecule has 8 heteroatoms. The van der Waals surface area contributed by atoms with E-state index in [0.29, 0.717) is 34.5 Å². The number of nitrogens with one attached hydrogen (secondary N) is 2. The maximum Gasteiger partial charge on any atom is 0.251 e. The summed E-state index contributed by atoms with van der Waals surface area (Å²) in [5.74, 6) is 0.678. The lowest BCUT2D eigenvalue weighted by molar-refractivity contribution is 0.0923. The van der Waals surface area contributed by atoms with Crippen molar-refractivity contribution in [3.05, 3.63) is 52.7 Å². The maximum absolute atomic E-state index is 13.3. The lowest BCUT2D eigenvalue weighted by atomic mass is 9.95. The molecule has 1 aromatic carbocycles. The Morgan fingerprint density at radius 3 is 2.28 bits per heavy atom. The molecule has 0 spiro atoms. The number of aromatic nitrogens is 1. The topological polar surface area (TPSA) is 117 Å². The summed E-state index contributed by atoms with van der Waals surface area (Å²) < 4.78 is 0. The first kappa shape index (κ1) is 24.3. The van der Waals surface area contributed by atoms with Crippen LogP contribution in [0.2, 0.25) is 0 Å². The van der Waals surface area contributed by atoms with Crippen molar-refractivity contribution in [3.8, 4) is 0 Å². The normalized spacial score (nSPS) is 23.0. The molecular formula is C28H35N5O3. The number of aryl methyl sites for hydroxylation is 1. The van der Waals surface area contributed by atoms with Crippen LogP contribution >= 0.6 is 0 Å². The first-order valence-electron chi connectivity index (χ1n) is 13.0. The SMILES string of the molecule is Cc1cc(C(N)=O)c(NC(C)C)cc1C(=O)NC1C[C@H]2CC[C@@H](C1)N2c1ccc(C(=O)C2CC2)cn1. The molecular weight excluding hydrogens is 454 g/mol. The summed E-state index contributed by atoms with van der Waals surface area (Å²) in [6.07, 6.45) is 7.55. The van der Waals surface area contributed by atoms with Crippen LogP contribution in [-0.4, -0.2) is 46.7 Å². The number of carbonyl (C=O) groups excluding carboxylic acids is 3. The van der Waals surface area contributed by atoms with Gasteiger partial charge in [-0.25, -0.2) is 4.98 Å². The molecule has 2 amide bonds. The molecule has 8 nitrogen and oxygen atoms in total. The van der Waals surface area contributed by atoms with Crippen LogP contribution in [-0.2, 0) is 0 Å². The van der Waals surface area contributed by atoms with Crippen LogP contribution in [0.5, 0.6) is 0 Å². The van der Waals surface area contributed by atoms with Crippen LogP contribution < -0.4 is 21.3 Å². The number of benzene rings is 1. The first-order valence-corrected chi connectivity index (χ1v) is 13.0. The number of nitrogens with zero attached hydrogens (tertiary/aromatic N) is 2. The van der Waals surface area contributed by atoms with Gasteiger partial charge in [-0.1, -0.05) is 0 Å². The first-order chi connectivity index (χ1) is 17.2.